The Morgan fingerprint density at radius 3 is 2.58 bits per heavy atom. The molecule has 4 heteroatoms. The molecule has 0 spiro atoms. The van der Waals surface area contributed by atoms with E-state index >= 15 is 0 Å². The van der Waals surface area contributed by atoms with Gasteiger partial charge in [0.15, 0.2) is 0 Å². The van der Waals surface area contributed by atoms with Gasteiger partial charge in [0.2, 0.25) is 0 Å². The standard InChI is InChI=1S/C15H20BrN3/c1-11-8-18-19(10-11)14-6-5-12(7-13(14)16)9-17-15(2,3)4/h5-8,10,17H,9H2,1-4H3. The molecule has 0 radical (unpaired) electrons. The monoisotopic (exact) mass is 321 g/mol. The van der Waals surface area contributed by atoms with Gasteiger partial charge in [0, 0.05) is 22.8 Å². The maximum absolute atomic E-state index is 4.33. The number of benzene rings is 1. The van der Waals surface area contributed by atoms with Gasteiger partial charge in [0.05, 0.1) is 11.9 Å². The van der Waals surface area contributed by atoms with E-state index in [4.69, 9.17) is 0 Å². The summed E-state index contributed by atoms with van der Waals surface area (Å²) >= 11 is 3.62. The summed E-state index contributed by atoms with van der Waals surface area (Å²) in [6.45, 7) is 9.41. The zero-order valence-corrected chi connectivity index (χ0v) is 13.5. The first-order valence-corrected chi connectivity index (χ1v) is 7.19. The molecular weight excluding hydrogens is 302 g/mol. The third-order valence-corrected chi connectivity index (χ3v) is 3.43. The molecule has 1 aromatic heterocycles. The highest BCUT2D eigenvalue weighted by molar-refractivity contribution is 9.10. The van der Waals surface area contributed by atoms with E-state index in [2.05, 4.69) is 65.3 Å². The molecule has 0 aliphatic carbocycles. The Balaban J connectivity index is 2.18. The number of nitrogens with zero attached hydrogens (tertiary/aromatic N) is 2. The van der Waals surface area contributed by atoms with Crippen LogP contribution in [0.4, 0.5) is 0 Å². The van der Waals surface area contributed by atoms with Crippen LogP contribution in [0, 0.1) is 6.92 Å². The van der Waals surface area contributed by atoms with Gasteiger partial charge < -0.3 is 5.32 Å². The Morgan fingerprint density at radius 1 is 1.32 bits per heavy atom. The summed E-state index contributed by atoms with van der Waals surface area (Å²) in [5.74, 6) is 0. The maximum Gasteiger partial charge on any atom is 0.0787 e. The lowest BCUT2D eigenvalue weighted by atomic mass is 10.1. The molecule has 0 unspecified atom stereocenters. The largest absolute Gasteiger partial charge is 0.308 e. The molecule has 0 fully saturated rings. The molecule has 1 heterocycles. The molecular formula is C15H20BrN3. The quantitative estimate of drug-likeness (QED) is 0.931. The highest BCUT2D eigenvalue weighted by Gasteiger charge is 2.10. The normalized spacial score (nSPS) is 11.8. The predicted molar refractivity (Wildman–Crippen MR) is 82.6 cm³/mol. The van der Waals surface area contributed by atoms with Gasteiger partial charge in [-0.15, -0.1) is 0 Å². The lowest BCUT2D eigenvalue weighted by Gasteiger charge is -2.20. The average molecular weight is 322 g/mol. The zero-order valence-electron chi connectivity index (χ0n) is 11.9. The van der Waals surface area contributed by atoms with Crippen LogP contribution in [-0.2, 0) is 6.54 Å². The van der Waals surface area contributed by atoms with E-state index in [1.54, 1.807) is 0 Å². The second kappa shape index (κ2) is 5.47. The van der Waals surface area contributed by atoms with Gasteiger partial charge in [-0.05, 0) is 66.9 Å². The van der Waals surface area contributed by atoms with Gasteiger partial charge in [0.1, 0.15) is 0 Å². The minimum absolute atomic E-state index is 0.129. The molecule has 0 aliphatic heterocycles. The smallest absolute Gasteiger partial charge is 0.0787 e. The highest BCUT2D eigenvalue weighted by atomic mass is 79.9. The van der Waals surface area contributed by atoms with E-state index in [1.165, 1.54) is 5.56 Å². The minimum Gasteiger partial charge on any atom is -0.308 e. The van der Waals surface area contributed by atoms with Crippen molar-refractivity contribution < 1.29 is 0 Å². The van der Waals surface area contributed by atoms with Crippen LogP contribution in [0.1, 0.15) is 31.9 Å². The van der Waals surface area contributed by atoms with Crippen LogP contribution >= 0.6 is 15.9 Å². The topological polar surface area (TPSA) is 29.9 Å². The Morgan fingerprint density at radius 2 is 2.05 bits per heavy atom. The molecule has 1 aromatic carbocycles. The minimum atomic E-state index is 0.129. The number of hydrogen-bond donors (Lipinski definition) is 1. The number of rotatable bonds is 3. The van der Waals surface area contributed by atoms with Crippen LogP contribution in [0.5, 0.6) is 0 Å². The summed E-state index contributed by atoms with van der Waals surface area (Å²) in [4.78, 5) is 0. The maximum atomic E-state index is 4.33. The van der Waals surface area contributed by atoms with Crippen molar-refractivity contribution in [2.24, 2.45) is 0 Å². The van der Waals surface area contributed by atoms with Crippen LogP contribution < -0.4 is 5.32 Å². The first kappa shape index (κ1) is 14.3. The van der Waals surface area contributed by atoms with E-state index < -0.39 is 0 Å². The average Bonchev–Trinajstić information content (AvgIpc) is 2.72. The van der Waals surface area contributed by atoms with E-state index in [-0.39, 0.29) is 5.54 Å². The fraction of sp³-hybridized carbons (Fsp3) is 0.400. The van der Waals surface area contributed by atoms with Gasteiger partial charge in [-0.25, -0.2) is 4.68 Å². The summed E-state index contributed by atoms with van der Waals surface area (Å²) in [5, 5.41) is 7.82. The van der Waals surface area contributed by atoms with E-state index in [9.17, 15) is 0 Å². The van der Waals surface area contributed by atoms with E-state index in [0.717, 1.165) is 22.3 Å². The van der Waals surface area contributed by atoms with Crippen molar-refractivity contribution in [2.75, 3.05) is 0 Å². The van der Waals surface area contributed by atoms with Crippen molar-refractivity contribution in [3.05, 3.63) is 46.2 Å². The number of nitrogens with one attached hydrogen (secondary N) is 1. The van der Waals surface area contributed by atoms with Gasteiger partial charge in [-0.1, -0.05) is 6.07 Å². The number of aromatic nitrogens is 2. The SMILES string of the molecule is Cc1cnn(-c2ccc(CNC(C)(C)C)cc2Br)c1. The first-order chi connectivity index (χ1) is 8.85. The molecule has 2 aromatic rings. The van der Waals surface area contributed by atoms with Crippen LogP contribution in [0.3, 0.4) is 0 Å². The van der Waals surface area contributed by atoms with Gasteiger partial charge in [-0.3, -0.25) is 0 Å². The molecule has 0 saturated carbocycles. The van der Waals surface area contributed by atoms with Crippen LogP contribution in [0.2, 0.25) is 0 Å². The van der Waals surface area contributed by atoms with E-state index in [0.29, 0.717) is 0 Å². The number of halogens is 1. The fourth-order valence-electron chi connectivity index (χ4n) is 1.76. The lowest BCUT2D eigenvalue weighted by Crippen LogP contribution is -2.35. The molecule has 3 nitrogen and oxygen atoms in total. The van der Waals surface area contributed by atoms with Crippen molar-refractivity contribution in [2.45, 2.75) is 39.8 Å². The molecule has 0 atom stereocenters. The molecule has 102 valence electrons. The van der Waals surface area contributed by atoms with Gasteiger partial charge >= 0.3 is 0 Å². The molecule has 19 heavy (non-hydrogen) atoms. The summed E-state index contributed by atoms with van der Waals surface area (Å²) in [6, 6.07) is 6.37. The molecule has 0 saturated heterocycles. The molecule has 0 bridgehead atoms. The van der Waals surface area contributed by atoms with Crippen molar-refractivity contribution in [1.82, 2.24) is 15.1 Å². The van der Waals surface area contributed by atoms with Crippen molar-refractivity contribution in [3.8, 4) is 5.69 Å². The predicted octanol–water partition coefficient (Wildman–Crippen LogP) is 3.83. The zero-order chi connectivity index (χ0) is 14.0. The molecule has 2 rings (SSSR count). The molecule has 1 N–H and O–H groups in total. The van der Waals surface area contributed by atoms with Crippen LogP contribution in [-0.4, -0.2) is 15.3 Å². The Kier molecular flexibility index (Phi) is 4.11. The second-order valence-corrected chi connectivity index (χ2v) is 6.71. The highest BCUT2D eigenvalue weighted by Crippen LogP contribution is 2.22. The van der Waals surface area contributed by atoms with Gasteiger partial charge in [0.25, 0.3) is 0 Å². The Hall–Kier alpha value is -1.13. The third-order valence-electron chi connectivity index (χ3n) is 2.79. The van der Waals surface area contributed by atoms with Crippen LogP contribution in [0.15, 0.2) is 35.1 Å². The first-order valence-electron chi connectivity index (χ1n) is 6.40. The Labute approximate surface area is 123 Å². The Bertz CT molecular complexity index is 567. The van der Waals surface area contributed by atoms with Crippen molar-refractivity contribution in [1.29, 1.82) is 0 Å². The van der Waals surface area contributed by atoms with E-state index in [1.807, 2.05) is 24.0 Å². The summed E-state index contributed by atoms with van der Waals surface area (Å²) in [6.07, 6.45) is 3.88. The summed E-state index contributed by atoms with van der Waals surface area (Å²) in [7, 11) is 0. The summed E-state index contributed by atoms with van der Waals surface area (Å²) in [5.41, 5.74) is 3.61. The third kappa shape index (κ3) is 3.91. The molecule has 0 amide bonds. The van der Waals surface area contributed by atoms with Gasteiger partial charge in [-0.2, -0.15) is 5.10 Å². The number of hydrogen-bond acceptors (Lipinski definition) is 2. The van der Waals surface area contributed by atoms with Crippen LogP contribution in [0.25, 0.3) is 5.69 Å². The molecule has 0 aliphatic rings. The second-order valence-electron chi connectivity index (χ2n) is 5.85. The number of aryl methyl sites for hydroxylation is 1. The summed E-state index contributed by atoms with van der Waals surface area (Å²) < 4.78 is 2.95. The van der Waals surface area contributed by atoms with Crippen molar-refractivity contribution >= 4 is 15.9 Å². The fourth-order valence-corrected chi connectivity index (χ4v) is 2.37. The lowest BCUT2D eigenvalue weighted by molar-refractivity contribution is 0.424. The van der Waals surface area contributed by atoms with Crippen molar-refractivity contribution in [3.63, 3.8) is 0 Å².